The molecule has 1 amide bonds. The van der Waals surface area contributed by atoms with E-state index < -0.39 is 0 Å². The normalized spacial score (nSPS) is 13.8. The Morgan fingerprint density at radius 1 is 0.974 bits per heavy atom. The molecule has 1 aliphatic rings. The molecule has 0 atom stereocenters. The van der Waals surface area contributed by atoms with Crippen LogP contribution in [0.25, 0.3) is 22.4 Å². The largest absolute Gasteiger partial charge is 0.445 e. The maximum absolute atomic E-state index is 13.8. The van der Waals surface area contributed by atoms with Gasteiger partial charge in [0.15, 0.2) is 5.78 Å². The lowest BCUT2D eigenvalue weighted by molar-refractivity contribution is 0.0864. The molecule has 4 aromatic rings. The zero-order valence-electron chi connectivity index (χ0n) is 22.0. The Hall–Kier alpha value is -4.26. The van der Waals surface area contributed by atoms with Crippen LogP contribution in [-0.2, 0) is 11.3 Å². The lowest BCUT2D eigenvalue weighted by Crippen LogP contribution is -2.38. The van der Waals surface area contributed by atoms with Gasteiger partial charge in [-0.05, 0) is 72.4 Å². The number of hydrogen-bond donors (Lipinski definition) is 1. The van der Waals surface area contributed by atoms with Gasteiger partial charge in [0.05, 0.1) is 5.69 Å². The summed E-state index contributed by atoms with van der Waals surface area (Å²) in [6.45, 7) is 3.31. The van der Waals surface area contributed by atoms with Crippen molar-refractivity contribution < 1.29 is 18.7 Å². The molecular weight excluding hydrogens is 493 g/mol. The number of hydrogen-bond acceptors (Lipinski definition) is 4. The quantitative estimate of drug-likeness (QED) is 0.244. The van der Waals surface area contributed by atoms with Gasteiger partial charge in [0, 0.05) is 54.6 Å². The molecule has 39 heavy (non-hydrogen) atoms. The second kappa shape index (κ2) is 12.1. The molecule has 0 spiro atoms. The highest BCUT2D eigenvalue weighted by Crippen LogP contribution is 2.42. The van der Waals surface area contributed by atoms with Gasteiger partial charge in [-0.25, -0.2) is 9.18 Å². The number of aromatic amines is 1. The van der Waals surface area contributed by atoms with Crippen LogP contribution in [-0.4, -0.2) is 39.8 Å². The number of nitrogens with zero attached hydrogens (tertiary/aromatic N) is 2. The number of ether oxygens (including phenoxy) is 1. The molecule has 0 bridgehead atoms. The lowest BCUT2D eigenvalue weighted by atomic mass is 9.87. The zero-order chi connectivity index (χ0) is 27.2. The monoisotopic (exact) mass is 525 g/mol. The van der Waals surface area contributed by atoms with E-state index >= 15 is 0 Å². The summed E-state index contributed by atoms with van der Waals surface area (Å²) in [4.78, 5) is 35.8. The molecule has 0 aliphatic carbocycles. The number of amides is 1. The van der Waals surface area contributed by atoms with Gasteiger partial charge in [-0.15, -0.1) is 0 Å². The van der Waals surface area contributed by atoms with Crippen molar-refractivity contribution in [3.63, 3.8) is 0 Å². The molecule has 3 heterocycles. The third-order valence-electron chi connectivity index (χ3n) is 7.25. The molecule has 1 N–H and O–H groups in total. The van der Waals surface area contributed by atoms with E-state index in [1.807, 2.05) is 49.4 Å². The van der Waals surface area contributed by atoms with E-state index in [9.17, 15) is 14.0 Å². The number of halogens is 1. The van der Waals surface area contributed by atoms with Crippen molar-refractivity contribution in [2.75, 3.05) is 13.1 Å². The highest BCUT2D eigenvalue weighted by molar-refractivity contribution is 6.07. The van der Waals surface area contributed by atoms with Gasteiger partial charge in [-0.3, -0.25) is 9.78 Å². The van der Waals surface area contributed by atoms with E-state index in [0.717, 1.165) is 40.1 Å². The fraction of sp³-hybridized carbons (Fsp3) is 0.281. The number of rotatable bonds is 8. The number of aromatic nitrogens is 2. The number of H-pyrrole nitrogens is 1. The second-order valence-corrected chi connectivity index (χ2v) is 9.88. The van der Waals surface area contributed by atoms with Crippen molar-refractivity contribution >= 4 is 11.9 Å². The summed E-state index contributed by atoms with van der Waals surface area (Å²) in [5.74, 6) is -0.174. The summed E-state index contributed by atoms with van der Waals surface area (Å²) in [7, 11) is 0. The molecule has 2 aromatic heterocycles. The van der Waals surface area contributed by atoms with Gasteiger partial charge in [0.25, 0.3) is 0 Å². The summed E-state index contributed by atoms with van der Waals surface area (Å²) < 4.78 is 19.3. The van der Waals surface area contributed by atoms with Crippen LogP contribution in [0.4, 0.5) is 9.18 Å². The van der Waals surface area contributed by atoms with Crippen molar-refractivity contribution in [1.29, 1.82) is 0 Å². The summed E-state index contributed by atoms with van der Waals surface area (Å²) in [6, 6.07) is 19.7. The van der Waals surface area contributed by atoms with Crippen LogP contribution in [0, 0.1) is 5.82 Å². The van der Waals surface area contributed by atoms with E-state index in [0.29, 0.717) is 37.9 Å². The molecule has 1 aliphatic heterocycles. The Balaban J connectivity index is 1.44. The Bertz CT molecular complexity index is 1410. The number of carbonyl (C=O) groups excluding carboxylic acids is 2. The molecule has 5 rings (SSSR count). The number of piperidine rings is 1. The van der Waals surface area contributed by atoms with Crippen LogP contribution in [0.5, 0.6) is 0 Å². The van der Waals surface area contributed by atoms with E-state index in [-0.39, 0.29) is 30.2 Å². The average Bonchev–Trinajstić information content (AvgIpc) is 3.38. The molecule has 1 fully saturated rings. The SMILES string of the molecule is CCCC(=O)c1c(C2CCN(C(=O)OCc3ccccc3)CC2)[nH]c(-c2ccc(F)cc2)c1-c1ccncc1. The first kappa shape index (κ1) is 26.4. The highest BCUT2D eigenvalue weighted by Gasteiger charge is 2.32. The zero-order valence-corrected chi connectivity index (χ0v) is 22.0. The molecule has 1 saturated heterocycles. The minimum Gasteiger partial charge on any atom is -0.445 e. The Morgan fingerprint density at radius 3 is 2.33 bits per heavy atom. The molecule has 6 nitrogen and oxygen atoms in total. The molecule has 0 saturated carbocycles. The van der Waals surface area contributed by atoms with Crippen LogP contribution >= 0.6 is 0 Å². The molecule has 200 valence electrons. The van der Waals surface area contributed by atoms with Gasteiger partial charge in [-0.1, -0.05) is 37.3 Å². The molecule has 2 aromatic carbocycles. The predicted molar refractivity (Wildman–Crippen MR) is 149 cm³/mol. The summed E-state index contributed by atoms with van der Waals surface area (Å²) >= 11 is 0. The highest BCUT2D eigenvalue weighted by atomic mass is 19.1. The molecular formula is C32H32FN3O3. The second-order valence-electron chi connectivity index (χ2n) is 9.88. The fourth-order valence-electron chi connectivity index (χ4n) is 5.27. The minimum atomic E-state index is -0.324. The predicted octanol–water partition coefficient (Wildman–Crippen LogP) is 7.38. The lowest BCUT2D eigenvalue weighted by Gasteiger charge is -2.31. The number of pyridine rings is 1. The molecule has 0 unspecified atom stereocenters. The minimum absolute atomic E-state index is 0.0637. The standard InChI is InChI=1S/C32H32FN3O3/c1-2-6-27(37)29-28(23-13-17-34-18-14-23)30(24-9-11-26(33)12-10-24)35-31(29)25-15-19-36(20-16-25)32(38)39-21-22-7-4-3-5-8-22/h3-5,7-14,17-18,25,35H,2,6,15-16,19-21H2,1H3. The fourth-order valence-corrected chi connectivity index (χ4v) is 5.27. The van der Waals surface area contributed by atoms with Gasteiger partial charge in [-0.2, -0.15) is 0 Å². The number of likely N-dealkylation sites (tertiary alicyclic amines) is 1. The van der Waals surface area contributed by atoms with Crippen molar-refractivity contribution in [2.45, 2.75) is 45.1 Å². The summed E-state index contributed by atoms with van der Waals surface area (Å²) in [5, 5.41) is 0. The number of carbonyl (C=O) groups is 2. The summed E-state index contributed by atoms with van der Waals surface area (Å²) in [6.07, 6.45) is 5.66. The van der Waals surface area contributed by atoms with Crippen LogP contribution in [0.3, 0.4) is 0 Å². The van der Waals surface area contributed by atoms with Crippen LogP contribution < -0.4 is 0 Å². The van der Waals surface area contributed by atoms with Gasteiger partial charge < -0.3 is 14.6 Å². The first-order valence-electron chi connectivity index (χ1n) is 13.5. The van der Waals surface area contributed by atoms with Gasteiger partial charge >= 0.3 is 6.09 Å². The van der Waals surface area contributed by atoms with Gasteiger partial charge in [0.1, 0.15) is 12.4 Å². The van der Waals surface area contributed by atoms with Gasteiger partial charge in [0.2, 0.25) is 0 Å². The number of Topliss-reactive ketones (excluding diaryl/α,β-unsaturated/α-hetero) is 1. The van der Waals surface area contributed by atoms with Crippen LogP contribution in [0.1, 0.15) is 60.1 Å². The maximum atomic E-state index is 13.8. The van der Waals surface area contributed by atoms with Crippen molar-refractivity contribution in [1.82, 2.24) is 14.9 Å². The van der Waals surface area contributed by atoms with Crippen LogP contribution in [0.15, 0.2) is 79.1 Å². The maximum Gasteiger partial charge on any atom is 0.410 e. The van der Waals surface area contributed by atoms with E-state index in [1.54, 1.807) is 29.4 Å². The molecule has 7 heteroatoms. The summed E-state index contributed by atoms with van der Waals surface area (Å²) in [5.41, 5.74) is 5.82. The first-order chi connectivity index (χ1) is 19.0. The first-order valence-corrected chi connectivity index (χ1v) is 13.5. The van der Waals surface area contributed by atoms with E-state index in [4.69, 9.17) is 4.74 Å². The van der Waals surface area contributed by atoms with Crippen molar-refractivity contribution in [3.05, 3.63) is 102 Å². The number of nitrogens with one attached hydrogen (secondary N) is 1. The Morgan fingerprint density at radius 2 is 1.67 bits per heavy atom. The van der Waals surface area contributed by atoms with Crippen molar-refractivity contribution in [2.24, 2.45) is 0 Å². The third kappa shape index (κ3) is 5.93. The Labute approximate surface area is 227 Å². The van der Waals surface area contributed by atoms with E-state index in [1.165, 1.54) is 12.1 Å². The number of benzene rings is 2. The Kier molecular flexibility index (Phi) is 8.16. The molecule has 0 radical (unpaired) electrons. The van der Waals surface area contributed by atoms with E-state index in [2.05, 4.69) is 9.97 Å². The number of ketones is 1. The van der Waals surface area contributed by atoms with Crippen LogP contribution in [0.2, 0.25) is 0 Å². The average molecular weight is 526 g/mol. The topological polar surface area (TPSA) is 75.3 Å². The smallest absolute Gasteiger partial charge is 0.410 e. The third-order valence-corrected chi connectivity index (χ3v) is 7.25. The van der Waals surface area contributed by atoms with Crippen molar-refractivity contribution in [3.8, 4) is 22.4 Å².